The van der Waals surface area contributed by atoms with Crippen LogP contribution in [0.1, 0.15) is 54.0 Å². The first kappa shape index (κ1) is 13.6. The molecular weight excluding hydrogens is 227 g/mol. The van der Waals surface area contributed by atoms with Crippen molar-refractivity contribution in [3.63, 3.8) is 0 Å². The summed E-state index contributed by atoms with van der Waals surface area (Å²) in [5, 5.41) is 4.56. The van der Waals surface area contributed by atoms with Gasteiger partial charge in [-0.2, -0.15) is 5.10 Å². The van der Waals surface area contributed by atoms with E-state index < -0.39 is 0 Å². The van der Waals surface area contributed by atoms with Crippen molar-refractivity contribution < 1.29 is 9.31 Å². The van der Waals surface area contributed by atoms with Gasteiger partial charge in [-0.1, -0.05) is 6.92 Å². The molecule has 18 heavy (non-hydrogen) atoms. The number of hydrogen-bond donors (Lipinski definition) is 0. The second-order valence-corrected chi connectivity index (χ2v) is 6.07. The zero-order valence-corrected chi connectivity index (χ0v) is 12.2. The molecule has 1 aliphatic rings. The standard InChI is InChI=1S/C13H23BN2O2/c1-7-10(2)16-9-8-11(15-16)14-17-12(3,4)13(5,6)18-14/h8-10H,7H2,1-6H3. The molecule has 0 aromatic carbocycles. The predicted molar refractivity (Wildman–Crippen MR) is 72.9 cm³/mol. The second kappa shape index (κ2) is 4.39. The van der Waals surface area contributed by atoms with Gasteiger partial charge in [0.25, 0.3) is 0 Å². The summed E-state index contributed by atoms with van der Waals surface area (Å²) >= 11 is 0. The van der Waals surface area contributed by atoms with E-state index in [1.165, 1.54) is 0 Å². The topological polar surface area (TPSA) is 36.3 Å². The third-order valence-electron chi connectivity index (χ3n) is 4.17. The van der Waals surface area contributed by atoms with E-state index in [0.717, 1.165) is 12.0 Å². The highest BCUT2D eigenvalue weighted by Gasteiger charge is 2.52. The van der Waals surface area contributed by atoms with Gasteiger partial charge in [-0.3, -0.25) is 4.68 Å². The van der Waals surface area contributed by atoms with Crippen LogP contribution in [-0.4, -0.2) is 28.1 Å². The Morgan fingerprint density at radius 3 is 2.33 bits per heavy atom. The Labute approximate surface area is 110 Å². The highest BCUT2D eigenvalue weighted by Crippen LogP contribution is 2.36. The Hall–Kier alpha value is -0.805. The minimum absolute atomic E-state index is 0.308. The Kier molecular flexibility index (Phi) is 3.32. The maximum atomic E-state index is 5.98. The van der Waals surface area contributed by atoms with Crippen molar-refractivity contribution in [1.29, 1.82) is 0 Å². The lowest BCUT2D eigenvalue weighted by Gasteiger charge is -2.32. The minimum atomic E-state index is -0.361. The van der Waals surface area contributed by atoms with Crippen molar-refractivity contribution in [2.45, 2.75) is 65.2 Å². The largest absolute Gasteiger partial charge is 0.516 e. The lowest BCUT2D eigenvalue weighted by atomic mass is 9.85. The smallest absolute Gasteiger partial charge is 0.398 e. The van der Waals surface area contributed by atoms with E-state index in [9.17, 15) is 0 Å². The number of nitrogens with zero attached hydrogens (tertiary/aromatic N) is 2. The van der Waals surface area contributed by atoms with Crippen LogP contribution in [0.3, 0.4) is 0 Å². The van der Waals surface area contributed by atoms with Crippen molar-refractivity contribution in [2.75, 3.05) is 0 Å². The van der Waals surface area contributed by atoms with Crippen LogP contribution in [-0.2, 0) is 9.31 Å². The molecule has 0 aliphatic carbocycles. The van der Waals surface area contributed by atoms with Crippen LogP contribution in [0.15, 0.2) is 12.3 Å². The summed E-state index contributed by atoms with van der Waals surface area (Å²) in [6.45, 7) is 12.5. The molecule has 1 aromatic heterocycles. The molecule has 0 saturated carbocycles. The fourth-order valence-corrected chi connectivity index (χ4v) is 1.87. The molecule has 1 fully saturated rings. The normalized spacial score (nSPS) is 23.3. The fraction of sp³-hybridized carbons (Fsp3) is 0.769. The molecule has 2 rings (SSSR count). The Bertz CT molecular complexity index is 412. The van der Waals surface area contributed by atoms with Gasteiger partial charge in [-0.25, -0.2) is 0 Å². The van der Waals surface area contributed by atoms with Gasteiger partial charge in [0.2, 0.25) is 0 Å². The quantitative estimate of drug-likeness (QED) is 0.771. The SMILES string of the molecule is CCC(C)n1ccc(B2OC(C)(C)C(C)(C)O2)n1. The first-order valence-electron chi connectivity index (χ1n) is 6.67. The fourth-order valence-electron chi connectivity index (χ4n) is 1.87. The third-order valence-corrected chi connectivity index (χ3v) is 4.17. The first-order chi connectivity index (χ1) is 8.27. The molecule has 1 atom stereocenters. The van der Waals surface area contributed by atoms with Gasteiger partial charge < -0.3 is 9.31 Å². The summed E-state index contributed by atoms with van der Waals surface area (Å²) in [4.78, 5) is 0. The molecule has 100 valence electrons. The van der Waals surface area contributed by atoms with E-state index >= 15 is 0 Å². The second-order valence-electron chi connectivity index (χ2n) is 6.07. The van der Waals surface area contributed by atoms with Crippen molar-refractivity contribution in [3.05, 3.63) is 12.3 Å². The number of rotatable bonds is 3. The molecule has 2 heterocycles. The lowest BCUT2D eigenvalue weighted by molar-refractivity contribution is 0.00578. The van der Waals surface area contributed by atoms with Crippen LogP contribution < -0.4 is 5.59 Å². The maximum Gasteiger partial charge on any atom is 0.516 e. The van der Waals surface area contributed by atoms with Crippen molar-refractivity contribution >= 4 is 12.7 Å². The summed E-state index contributed by atoms with van der Waals surface area (Å²) in [5.41, 5.74) is 0.240. The van der Waals surface area contributed by atoms with E-state index in [-0.39, 0.29) is 18.3 Å². The lowest BCUT2D eigenvalue weighted by Crippen LogP contribution is -2.41. The summed E-state index contributed by atoms with van der Waals surface area (Å²) in [7, 11) is -0.361. The van der Waals surface area contributed by atoms with E-state index in [4.69, 9.17) is 9.31 Å². The van der Waals surface area contributed by atoms with Crippen LogP contribution in [0.2, 0.25) is 0 Å². The molecule has 1 aromatic rings. The average Bonchev–Trinajstić information content (AvgIpc) is 2.82. The molecule has 1 aliphatic heterocycles. The highest BCUT2D eigenvalue weighted by molar-refractivity contribution is 6.61. The van der Waals surface area contributed by atoms with Gasteiger partial charge in [-0.05, 0) is 47.1 Å². The zero-order chi connectivity index (χ0) is 13.6. The molecule has 0 spiro atoms. The van der Waals surface area contributed by atoms with Gasteiger partial charge in [0.15, 0.2) is 0 Å². The monoisotopic (exact) mass is 250 g/mol. The molecule has 0 radical (unpaired) electrons. The summed E-state index contributed by atoms with van der Waals surface area (Å²) < 4.78 is 13.9. The third kappa shape index (κ3) is 2.21. The first-order valence-corrected chi connectivity index (χ1v) is 6.67. The minimum Gasteiger partial charge on any atom is -0.398 e. The molecule has 0 N–H and O–H groups in total. The molecule has 4 nitrogen and oxygen atoms in total. The van der Waals surface area contributed by atoms with Crippen molar-refractivity contribution in [3.8, 4) is 0 Å². The van der Waals surface area contributed by atoms with E-state index in [1.54, 1.807) is 0 Å². The van der Waals surface area contributed by atoms with E-state index in [1.807, 2.05) is 16.9 Å². The van der Waals surface area contributed by atoms with E-state index in [2.05, 4.69) is 46.6 Å². The molecule has 5 heteroatoms. The van der Waals surface area contributed by atoms with E-state index in [0.29, 0.717) is 6.04 Å². The van der Waals surface area contributed by atoms with Gasteiger partial charge in [-0.15, -0.1) is 0 Å². The Morgan fingerprint density at radius 1 is 1.28 bits per heavy atom. The van der Waals surface area contributed by atoms with Crippen LogP contribution in [0.5, 0.6) is 0 Å². The predicted octanol–water partition coefficient (Wildman–Crippen LogP) is 2.15. The number of hydrogen-bond acceptors (Lipinski definition) is 3. The van der Waals surface area contributed by atoms with Crippen LogP contribution in [0.4, 0.5) is 0 Å². The van der Waals surface area contributed by atoms with Gasteiger partial charge in [0.1, 0.15) is 0 Å². The van der Waals surface area contributed by atoms with Crippen molar-refractivity contribution in [2.24, 2.45) is 0 Å². The summed E-state index contributed by atoms with van der Waals surface area (Å²) in [5.74, 6) is 0. The van der Waals surface area contributed by atoms with Crippen LogP contribution in [0.25, 0.3) is 0 Å². The van der Waals surface area contributed by atoms with Crippen LogP contribution in [0, 0.1) is 0 Å². The highest BCUT2D eigenvalue weighted by atomic mass is 16.7. The molecule has 1 unspecified atom stereocenters. The summed E-state index contributed by atoms with van der Waals surface area (Å²) in [6.07, 6.45) is 3.05. The molecule has 0 bridgehead atoms. The van der Waals surface area contributed by atoms with Gasteiger partial charge in [0.05, 0.1) is 16.8 Å². The molecule has 1 saturated heterocycles. The average molecular weight is 250 g/mol. The van der Waals surface area contributed by atoms with Gasteiger partial charge >= 0.3 is 7.12 Å². The number of aromatic nitrogens is 2. The Balaban J connectivity index is 2.17. The summed E-state index contributed by atoms with van der Waals surface area (Å²) in [6, 6.07) is 2.38. The zero-order valence-electron chi connectivity index (χ0n) is 12.2. The maximum absolute atomic E-state index is 5.98. The molecular formula is C13H23BN2O2. The van der Waals surface area contributed by atoms with Crippen molar-refractivity contribution in [1.82, 2.24) is 9.78 Å². The van der Waals surface area contributed by atoms with Gasteiger partial charge in [0, 0.05) is 12.2 Å². The molecule has 0 amide bonds. The van der Waals surface area contributed by atoms with Crippen LogP contribution >= 0.6 is 0 Å². The Morgan fingerprint density at radius 2 is 1.83 bits per heavy atom.